The first-order valence-electron chi connectivity index (χ1n) is 12.4. The number of rotatable bonds is 5. The van der Waals surface area contributed by atoms with Crippen LogP contribution in [-0.4, -0.2) is 39.3 Å². The van der Waals surface area contributed by atoms with Crippen LogP contribution in [0.15, 0.2) is 78.9 Å². The van der Waals surface area contributed by atoms with Crippen LogP contribution < -0.4 is 0 Å². The Morgan fingerprint density at radius 1 is 0.914 bits per heavy atom. The molecule has 3 aromatic carbocycles. The van der Waals surface area contributed by atoms with Gasteiger partial charge in [0.25, 0.3) is 5.91 Å². The van der Waals surface area contributed by atoms with Crippen molar-refractivity contribution < 1.29 is 9.59 Å². The fourth-order valence-corrected chi connectivity index (χ4v) is 5.63. The Kier molecular flexibility index (Phi) is 5.21. The molecule has 176 valence electrons. The molecule has 1 aromatic heterocycles. The summed E-state index contributed by atoms with van der Waals surface area (Å²) in [5.41, 5.74) is 6.61. The van der Waals surface area contributed by atoms with E-state index in [1.807, 2.05) is 47.4 Å². The van der Waals surface area contributed by atoms with Gasteiger partial charge in [-0.05, 0) is 40.7 Å². The van der Waals surface area contributed by atoms with Gasteiger partial charge in [-0.1, -0.05) is 86.6 Å². The van der Waals surface area contributed by atoms with Gasteiger partial charge in [0.15, 0.2) is 0 Å². The van der Waals surface area contributed by atoms with Crippen molar-refractivity contribution in [2.24, 2.45) is 0 Å². The number of hydrogen-bond acceptors (Lipinski definition) is 2. The van der Waals surface area contributed by atoms with Crippen LogP contribution in [0.3, 0.4) is 0 Å². The van der Waals surface area contributed by atoms with Crippen molar-refractivity contribution in [1.82, 2.24) is 14.8 Å². The standard InChI is InChI=1S/C30H29N3O2/c1-19(2)21-12-14-22(15-13-21)28-27-24(23-10-6-7-11-25(23)31-27)18-26-29(34)32(30(35)33(26)28)17-16-20-8-4-3-5-9-20/h3-15,19,26,28,31H,16-18H2,1-2H3/t26-,28?/m1/s1. The number of nitrogens with one attached hydrogen (secondary N) is 1. The molecule has 5 nitrogen and oxygen atoms in total. The summed E-state index contributed by atoms with van der Waals surface area (Å²) < 4.78 is 0. The lowest BCUT2D eigenvalue weighted by molar-refractivity contribution is -0.128. The molecule has 6 rings (SSSR count). The second-order valence-electron chi connectivity index (χ2n) is 9.92. The second-order valence-corrected chi connectivity index (χ2v) is 9.92. The molecule has 2 atom stereocenters. The van der Waals surface area contributed by atoms with Crippen LogP contribution >= 0.6 is 0 Å². The molecular weight excluding hydrogens is 434 g/mol. The van der Waals surface area contributed by atoms with E-state index in [0.717, 1.165) is 33.3 Å². The largest absolute Gasteiger partial charge is 0.356 e. The minimum Gasteiger partial charge on any atom is -0.356 e. The van der Waals surface area contributed by atoms with E-state index in [0.29, 0.717) is 25.3 Å². The Morgan fingerprint density at radius 2 is 1.63 bits per heavy atom. The summed E-state index contributed by atoms with van der Waals surface area (Å²) >= 11 is 0. The zero-order chi connectivity index (χ0) is 24.1. The van der Waals surface area contributed by atoms with Gasteiger partial charge >= 0.3 is 6.03 Å². The number of fused-ring (bicyclic) bond motifs is 4. The summed E-state index contributed by atoms with van der Waals surface area (Å²) in [6.07, 6.45) is 1.19. The number of urea groups is 1. The number of hydrogen-bond donors (Lipinski definition) is 1. The van der Waals surface area contributed by atoms with E-state index < -0.39 is 6.04 Å². The molecule has 1 fully saturated rings. The maximum absolute atomic E-state index is 13.8. The van der Waals surface area contributed by atoms with Gasteiger partial charge in [-0.15, -0.1) is 0 Å². The minimum atomic E-state index is -0.486. The smallest absolute Gasteiger partial charge is 0.328 e. The first-order valence-corrected chi connectivity index (χ1v) is 12.4. The summed E-state index contributed by atoms with van der Waals surface area (Å²) in [4.78, 5) is 34.3. The van der Waals surface area contributed by atoms with Crippen LogP contribution in [0.4, 0.5) is 4.79 Å². The van der Waals surface area contributed by atoms with Crippen molar-refractivity contribution in [3.63, 3.8) is 0 Å². The highest BCUT2D eigenvalue weighted by molar-refractivity contribution is 6.05. The molecule has 5 heteroatoms. The van der Waals surface area contributed by atoms with Gasteiger partial charge in [-0.3, -0.25) is 14.6 Å². The van der Waals surface area contributed by atoms with Crippen LogP contribution in [0.5, 0.6) is 0 Å². The van der Waals surface area contributed by atoms with E-state index in [-0.39, 0.29) is 18.0 Å². The first-order chi connectivity index (χ1) is 17.0. The van der Waals surface area contributed by atoms with Gasteiger partial charge in [-0.2, -0.15) is 0 Å². The molecule has 0 spiro atoms. The predicted molar refractivity (Wildman–Crippen MR) is 137 cm³/mol. The molecule has 3 heterocycles. The number of para-hydroxylation sites is 1. The van der Waals surface area contributed by atoms with Gasteiger partial charge in [0.1, 0.15) is 12.1 Å². The number of H-pyrrole nitrogens is 1. The number of aromatic amines is 1. The Morgan fingerprint density at radius 3 is 2.37 bits per heavy atom. The van der Waals surface area contributed by atoms with E-state index in [4.69, 9.17) is 0 Å². The lowest BCUT2D eigenvalue weighted by Crippen LogP contribution is -2.44. The summed E-state index contributed by atoms with van der Waals surface area (Å²) in [6, 6.07) is 25.7. The molecule has 0 saturated carbocycles. The Labute approximate surface area is 205 Å². The predicted octanol–water partition coefficient (Wildman–Crippen LogP) is 5.81. The van der Waals surface area contributed by atoms with Gasteiger partial charge in [-0.25, -0.2) is 4.79 Å². The summed E-state index contributed by atoms with van der Waals surface area (Å²) in [7, 11) is 0. The first kappa shape index (κ1) is 21.7. The minimum absolute atomic E-state index is 0.0920. The van der Waals surface area contributed by atoms with E-state index in [1.54, 1.807) is 0 Å². The number of nitrogens with zero attached hydrogens (tertiary/aromatic N) is 2. The highest BCUT2D eigenvalue weighted by atomic mass is 16.2. The summed E-state index contributed by atoms with van der Waals surface area (Å²) in [6.45, 7) is 4.74. The van der Waals surface area contributed by atoms with Crippen molar-refractivity contribution >= 4 is 22.8 Å². The average Bonchev–Trinajstić information content (AvgIpc) is 3.37. The maximum Gasteiger partial charge on any atom is 0.328 e. The molecule has 3 amide bonds. The molecule has 4 aromatic rings. The molecular formula is C30H29N3O2. The lowest BCUT2D eigenvalue weighted by Gasteiger charge is -2.36. The molecule has 35 heavy (non-hydrogen) atoms. The molecule has 1 unspecified atom stereocenters. The molecule has 1 N–H and O–H groups in total. The van der Waals surface area contributed by atoms with Gasteiger partial charge in [0, 0.05) is 29.6 Å². The molecule has 0 bridgehead atoms. The van der Waals surface area contributed by atoms with Crippen LogP contribution in [0.2, 0.25) is 0 Å². The number of aromatic nitrogens is 1. The Bertz CT molecular complexity index is 1400. The maximum atomic E-state index is 13.8. The number of amides is 3. The average molecular weight is 464 g/mol. The van der Waals surface area contributed by atoms with Crippen molar-refractivity contribution in [2.45, 2.75) is 44.7 Å². The van der Waals surface area contributed by atoms with Crippen LogP contribution in [0.25, 0.3) is 10.9 Å². The molecule has 2 aliphatic rings. The molecule has 0 radical (unpaired) electrons. The fraction of sp³-hybridized carbons (Fsp3) is 0.267. The van der Waals surface area contributed by atoms with Gasteiger partial charge < -0.3 is 4.98 Å². The normalized spacial score (nSPS) is 19.5. The van der Waals surface area contributed by atoms with E-state index in [2.05, 4.69) is 55.2 Å². The summed E-state index contributed by atoms with van der Waals surface area (Å²) in [5.74, 6) is 0.334. The third kappa shape index (κ3) is 3.54. The zero-order valence-electron chi connectivity index (χ0n) is 20.1. The Balaban J connectivity index is 1.41. The van der Waals surface area contributed by atoms with E-state index >= 15 is 0 Å². The lowest BCUT2D eigenvalue weighted by atomic mass is 9.88. The third-order valence-electron chi connectivity index (χ3n) is 7.52. The fourth-order valence-electron chi connectivity index (χ4n) is 5.63. The second kappa shape index (κ2) is 8.42. The number of carbonyl (C=O) groups excluding carboxylic acids is 2. The molecule has 2 aliphatic heterocycles. The van der Waals surface area contributed by atoms with Crippen molar-refractivity contribution in [1.29, 1.82) is 0 Å². The van der Waals surface area contributed by atoms with Crippen LogP contribution in [-0.2, 0) is 17.6 Å². The van der Waals surface area contributed by atoms with Crippen molar-refractivity contribution in [3.8, 4) is 0 Å². The van der Waals surface area contributed by atoms with Gasteiger partial charge in [0.2, 0.25) is 0 Å². The highest BCUT2D eigenvalue weighted by Gasteiger charge is 2.52. The molecule has 1 saturated heterocycles. The summed E-state index contributed by atoms with van der Waals surface area (Å²) in [5, 5.41) is 1.13. The third-order valence-corrected chi connectivity index (χ3v) is 7.52. The SMILES string of the molecule is CC(C)c1ccc(C2c3[nH]c4ccccc4c3C[C@@H]3C(=O)N(CCc4ccccc4)C(=O)N23)cc1. The van der Waals surface area contributed by atoms with Crippen LogP contribution in [0, 0.1) is 0 Å². The van der Waals surface area contributed by atoms with Crippen molar-refractivity contribution in [2.75, 3.05) is 6.54 Å². The number of carbonyl (C=O) groups is 2. The Hall–Kier alpha value is -3.86. The van der Waals surface area contributed by atoms with Crippen LogP contribution in [0.1, 0.15) is 53.8 Å². The van der Waals surface area contributed by atoms with Crippen molar-refractivity contribution in [3.05, 3.63) is 107 Å². The monoisotopic (exact) mass is 463 g/mol. The van der Waals surface area contributed by atoms with E-state index in [9.17, 15) is 9.59 Å². The topological polar surface area (TPSA) is 56.4 Å². The quantitative estimate of drug-likeness (QED) is 0.380. The zero-order valence-corrected chi connectivity index (χ0v) is 20.1. The molecule has 0 aliphatic carbocycles. The van der Waals surface area contributed by atoms with E-state index in [1.165, 1.54) is 10.5 Å². The highest BCUT2D eigenvalue weighted by Crippen LogP contribution is 2.44. The van der Waals surface area contributed by atoms with Gasteiger partial charge in [0.05, 0.1) is 0 Å². The number of benzene rings is 3. The number of imide groups is 1.